The SMILES string of the molecule is CC(C)CCN1C(=O)C(C)(C)COc2cc(NC(=O)c3cc(Cl)cc(Cl)c3)ccc21. The molecule has 5 nitrogen and oxygen atoms in total. The minimum atomic E-state index is -0.642. The third kappa shape index (κ3) is 5.08. The number of hydrogen-bond donors (Lipinski definition) is 1. The van der Waals surface area contributed by atoms with Crippen molar-refractivity contribution in [1.82, 2.24) is 0 Å². The van der Waals surface area contributed by atoms with Crippen molar-refractivity contribution in [3.63, 3.8) is 0 Å². The van der Waals surface area contributed by atoms with Crippen LogP contribution in [0.4, 0.5) is 11.4 Å². The first-order valence-corrected chi connectivity index (χ1v) is 10.7. The van der Waals surface area contributed by atoms with Gasteiger partial charge in [-0.05, 0) is 56.5 Å². The van der Waals surface area contributed by atoms with Crippen molar-refractivity contribution in [1.29, 1.82) is 0 Å². The van der Waals surface area contributed by atoms with Crippen molar-refractivity contribution in [2.75, 3.05) is 23.4 Å². The second kappa shape index (κ2) is 8.86. The average molecular weight is 449 g/mol. The molecule has 0 atom stereocenters. The monoisotopic (exact) mass is 448 g/mol. The first-order valence-electron chi connectivity index (χ1n) is 9.93. The minimum Gasteiger partial charge on any atom is -0.490 e. The molecule has 0 spiro atoms. The number of fused-ring (bicyclic) bond motifs is 1. The van der Waals surface area contributed by atoms with Gasteiger partial charge >= 0.3 is 0 Å². The summed E-state index contributed by atoms with van der Waals surface area (Å²) in [7, 11) is 0. The molecule has 0 unspecified atom stereocenters. The zero-order valence-electron chi connectivity index (χ0n) is 17.6. The van der Waals surface area contributed by atoms with Crippen LogP contribution in [-0.4, -0.2) is 25.0 Å². The van der Waals surface area contributed by atoms with Gasteiger partial charge in [0.15, 0.2) is 0 Å². The van der Waals surface area contributed by atoms with Crippen LogP contribution in [0, 0.1) is 11.3 Å². The Balaban J connectivity index is 1.89. The Morgan fingerprint density at radius 3 is 2.47 bits per heavy atom. The highest BCUT2D eigenvalue weighted by Gasteiger charge is 2.37. The van der Waals surface area contributed by atoms with E-state index in [0.717, 1.165) is 12.1 Å². The lowest BCUT2D eigenvalue weighted by molar-refractivity contribution is -0.127. The Labute approximate surface area is 187 Å². The average Bonchev–Trinajstić information content (AvgIpc) is 2.74. The summed E-state index contributed by atoms with van der Waals surface area (Å²) in [6.07, 6.45) is 0.884. The van der Waals surface area contributed by atoms with E-state index < -0.39 is 5.41 Å². The van der Waals surface area contributed by atoms with E-state index in [-0.39, 0.29) is 18.4 Å². The van der Waals surface area contributed by atoms with Gasteiger partial charge in [-0.1, -0.05) is 37.0 Å². The van der Waals surface area contributed by atoms with Gasteiger partial charge in [-0.3, -0.25) is 9.59 Å². The van der Waals surface area contributed by atoms with E-state index in [1.165, 1.54) is 0 Å². The Morgan fingerprint density at radius 1 is 1.17 bits per heavy atom. The van der Waals surface area contributed by atoms with Crippen LogP contribution in [0.3, 0.4) is 0 Å². The number of carbonyl (C=O) groups excluding carboxylic acids is 2. The number of nitrogens with zero attached hydrogens (tertiary/aromatic N) is 1. The summed E-state index contributed by atoms with van der Waals surface area (Å²) in [6, 6.07) is 10.0. The zero-order chi connectivity index (χ0) is 22.1. The summed E-state index contributed by atoms with van der Waals surface area (Å²) < 4.78 is 5.98. The summed E-state index contributed by atoms with van der Waals surface area (Å²) in [5.74, 6) is 0.740. The van der Waals surface area contributed by atoms with Crippen LogP contribution in [0.1, 0.15) is 44.5 Å². The number of carbonyl (C=O) groups is 2. The number of anilines is 2. The molecule has 3 rings (SSSR count). The first kappa shape index (κ1) is 22.4. The van der Waals surface area contributed by atoms with Gasteiger partial charge in [-0.25, -0.2) is 0 Å². The lowest BCUT2D eigenvalue weighted by atomic mass is 9.92. The van der Waals surface area contributed by atoms with Crippen molar-refractivity contribution in [3.8, 4) is 5.75 Å². The second-order valence-corrected chi connectivity index (χ2v) is 9.48. The predicted molar refractivity (Wildman–Crippen MR) is 122 cm³/mol. The van der Waals surface area contributed by atoms with Crippen molar-refractivity contribution in [3.05, 3.63) is 52.0 Å². The van der Waals surface area contributed by atoms with Gasteiger partial charge in [0.2, 0.25) is 5.91 Å². The molecule has 0 aromatic heterocycles. The van der Waals surface area contributed by atoms with Crippen LogP contribution in [0.2, 0.25) is 10.0 Å². The smallest absolute Gasteiger partial charge is 0.255 e. The molecule has 0 aliphatic carbocycles. The Morgan fingerprint density at radius 2 is 1.83 bits per heavy atom. The van der Waals surface area contributed by atoms with Crippen LogP contribution in [0.5, 0.6) is 5.75 Å². The maximum Gasteiger partial charge on any atom is 0.255 e. The molecule has 2 amide bonds. The molecule has 0 saturated heterocycles. The first-order chi connectivity index (χ1) is 14.1. The van der Waals surface area contributed by atoms with Crippen LogP contribution in [-0.2, 0) is 4.79 Å². The van der Waals surface area contributed by atoms with Gasteiger partial charge < -0.3 is 15.0 Å². The van der Waals surface area contributed by atoms with Gasteiger partial charge in [0.1, 0.15) is 12.4 Å². The van der Waals surface area contributed by atoms with E-state index >= 15 is 0 Å². The molecule has 2 aromatic rings. The van der Waals surface area contributed by atoms with Gasteiger partial charge in [0.25, 0.3) is 5.91 Å². The maximum atomic E-state index is 13.1. The molecule has 0 radical (unpaired) electrons. The molecular weight excluding hydrogens is 423 g/mol. The molecular formula is C23H26Cl2N2O3. The molecule has 30 heavy (non-hydrogen) atoms. The summed E-state index contributed by atoms with van der Waals surface area (Å²) in [5.41, 5.74) is 0.996. The molecule has 0 fully saturated rings. The van der Waals surface area contributed by atoms with E-state index in [9.17, 15) is 9.59 Å². The van der Waals surface area contributed by atoms with E-state index in [1.54, 1.807) is 35.2 Å². The third-order valence-electron chi connectivity index (χ3n) is 4.98. The number of rotatable bonds is 5. The summed E-state index contributed by atoms with van der Waals surface area (Å²) in [5, 5.41) is 3.62. The minimum absolute atomic E-state index is 0.0345. The highest BCUT2D eigenvalue weighted by molar-refractivity contribution is 6.35. The number of amides is 2. The van der Waals surface area contributed by atoms with Crippen LogP contribution in [0.25, 0.3) is 0 Å². The van der Waals surface area contributed by atoms with E-state index in [4.69, 9.17) is 27.9 Å². The molecule has 2 aromatic carbocycles. The molecule has 160 valence electrons. The molecule has 1 N–H and O–H groups in total. The highest BCUT2D eigenvalue weighted by atomic mass is 35.5. The quantitative estimate of drug-likeness (QED) is 0.605. The lowest BCUT2D eigenvalue weighted by Crippen LogP contribution is -2.42. The summed E-state index contributed by atoms with van der Waals surface area (Å²) >= 11 is 12.0. The number of nitrogens with one attached hydrogen (secondary N) is 1. The van der Waals surface area contributed by atoms with Gasteiger partial charge in [-0.15, -0.1) is 0 Å². The Hall–Kier alpha value is -2.24. The van der Waals surface area contributed by atoms with Crippen molar-refractivity contribution >= 4 is 46.4 Å². The zero-order valence-corrected chi connectivity index (χ0v) is 19.1. The number of ether oxygens (including phenoxy) is 1. The number of benzene rings is 2. The standard InChI is InChI=1S/C23H26Cl2N2O3/c1-14(2)7-8-27-19-6-5-18(12-20(19)30-13-23(3,4)22(27)29)26-21(28)15-9-16(24)11-17(25)10-15/h5-6,9-12,14H,7-8,13H2,1-4H3,(H,26,28). The summed E-state index contributed by atoms with van der Waals surface area (Å²) in [4.78, 5) is 27.5. The van der Waals surface area contributed by atoms with Gasteiger partial charge in [0.05, 0.1) is 11.1 Å². The second-order valence-electron chi connectivity index (χ2n) is 8.61. The number of hydrogen-bond acceptors (Lipinski definition) is 3. The molecule has 0 bridgehead atoms. The van der Waals surface area contributed by atoms with Crippen molar-refractivity contribution in [2.24, 2.45) is 11.3 Å². The lowest BCUT2D eigenvalue weighted by Gasteiger charge is -2.28. The fourth-order valence-electron chi connectivity index (χ4n) is 3.22. The number of halogens is 2. The molecule has 1 aliphatic rings. The predicted octanol–water partition coefficient (Wildman–Crippen LogP) is 6.04. The van der Waals surface area contributed by atoms with E-state index in [2.05, 4.69) is 19.2 Å². The Bertz CT molecular complexity index is 953. The largest absolute Gasteiger partial charge is 0.490 e. The van der Waals surface area contributed by atoms with Crippen LogP contribution < -0.4 is 15.0 Å². The van der Waals surface area contributed by atoms with Gasteiger partial charge in [0, 0.05) is 33.9 Å². The normalized spacial score (nSPS) is 15.4. The molecule has 1 heterocycles. The fraction of sp³-hybridized carbons (Fsp3) is 0.391. The van der Waals surface area contributed by atoms with Crippen molar-refractivity contribution < 1.29 is 14.3 Å². The molecule has 1 aliphatic heterocycles. The fourth-order valence-corrected chi connectivity index (χ4v) is 3.75. The van der Waals surface area contributed by atoms with E-state index in [1.807, 2.05) is 19.9 Å². The molecule has 0 saturated carbocycles. The highest BCUT2D eigenvalue weighted by Crippen LogP contribution is 2.38. The maximum absolute atomic E-state index is 13.1. The topological polar surface area (TPSA) is 58.6 Å². The van der Waals surface area contributed by atoms with E-state index in [0.29, 0.717) is 39.5 Å². The molecule has 7 heteroatoms. The van der Waals surface area contributed by atoms with Gasteiger partial charge in [-0.2, -0.15) is 0 Å². The van der Waals surface area contributed by atoms with Crippen molar-refractivity contribution in [2.45, 2.75) is 34.1 Å². The summed E-state index contributed by atoms with van der Waals surface area (Å²) in [6.45, 7) is 8.91. The van der Waals surface area contributed by atoms with Crippen LogP contribution >= 0.6 is 23.2 Å². The third-order valence-corrected chi connectivity index (χ3v) is 5.41. The Kier molecular flexibility index (Phi) is 6.63. The van der Waals surface area contributed by atoms with Crippen LogP contribution in [0.15, 0.2) is 36.4 Å².